The Hall–Kier alpha value is -4.95. The van der Waals surface area contributed by atoms with Gasteiger partial charge < -0.3 is 10.6 Å². The highest BCUT2D eigenvalue weighted by Crippen LogP contribution is 2.17. The first kappa shape index (κ1) is 26.6. The predicted octanol–water partition coefficient (Wildman–Crippen LogP) is 5.95. The maximum absolute atomic E-state index is 12.2. The first-order valence-corrected chi connectivity index (χ1v) is 13.1. The average molecular weight is 551 g/mol. The van der Waals surface area contributed by atoms with Crippen molar-refractivity contribution in [2.75, 3.05) is 0 Å². The third-order valence-corrected chi connectivity index (χ3v) is 6.71. The summed E-state index contributed by atoms with van der Waals surface area (Å²) in [6.07, 6.45) is 0. The lowest BCUT2D eigenvalue weighted by atomic mass is 10.1. The van der Waals surface area contributed by atoms with Gasteiger partial charge in [0, 0.05) is 28.9 Å². The molecule has 4 aromatic carbocycles. The molecule has 0 radical (unpaired) electrons. The van der Waals surface area contributed by atoms with Crippen LogP contribution in [0.5, 0.6) is 0 Å². The molecule has 0 saturated heterocycles. The molecule has 0 spiro atoms. The van der Waals surface area contributed by atoms with Crippen LogP contribution >= 0.6 is 11.6 Å². The zero-order valence-corrected chi connectivity index (χ0v) is 22.5. The molecule has 200 valence electrons. The Bertz CT molecular complexity index is 1770. The highest BCUT2D eigenvalue weighted by molar-refractivity contribution is 6.31. The third kappa shape index (κ3) is 6.19. The van der Waals surface area contributed by atoms with E-state index in [4.69, 9.17) is 11.6 Å². The van der Waals surface area contributed by atoms with Crippen molar-refractivity contribution in [1.29, 1.82) is 0 Å². The highest BCUT2D eigenvalue weighted by Gasteiger charge is 2.14. The molecular weight excluding hydrogens is 524 g/mol. The number of fused-ring (bicyclic) bond motifs is 2. The molecule has 0 unspecified atom stereocenters. The highest BCUT2D eigenvalue weighted by atomic mass is 35.5. The number of carbonyl (C=O) groups is 2. The van der Waals surface area contributed by atoms with Crippen molar-refractivity contribution in [2.45, 2.75) is 20.0 Å². The van der Waals surface area contributed by atoms with E-state index in [0.29, 0.717) is 29.5 Å². The van der Waals surface area contributed by atoms with E-state index >= 15 is 0 Å². The minimum absolute atomic E-state index is 0.164. The zero-order valence-electron chi connectivity index (χ0n) is 21.7. The molecule has 8 nitrogen and oxygen atoms in total. The normalized spacial score (nSPS) is 10.7. The van der Waals surface area contributed by atoms with E-state index in [-0.39, 0.29) is 11.8 Å². The van der Waals surface area contributed by atoms with E-state index < -0.39 is 0 Å². The van der Waals surface area contributed by atoms with Crippen LogP contribution in [-0.2, 0) is 13.1 Å². The van der Waals surface area contributed by atoms with Gasteiger partial charge in [0.05, 0.1) is 11.0 Å². The molecule has 6 rings (SSSR count). The number of aromatic amines is 2. The van der Waals surface area contributed by atoms with Gasteiger partial charge in [-0.05, 0) is 36.2 Å². The molecule has 0 bridgehead atoms. The molecule has 2 amide bonds. The number of amides is 2. The largest absolute Gasteiger partial charge is 0.347 e. The standard InChI is InChI=1S/C16H15N3O.C15H12ClN3O/c1-11-6-8-12(9-7-11)10-17-16(20)15-13-4-2-3-5-14(13)18-19-15;16-12-7-3-1-5-10(12)9-17-15(20)14-11-6-2-4-8-13(11)18-19-14/h2-9H,10H2,1H3,(H,17,20)(H,18,19);1-8H,9H2,(H,17,20)(H,18,19). The monoisotopic (exact) mass is 550 g/mol. The van der Waals surface area contributed by atoms with Crippen molar-refractivity contribution in [3.05, 3.63) is 130 Å². The molecule has 4 N–H and O–H groups in total. The summed E-state index contributed by atoms with van der Waals surface area (Å²) in [5, 5.41) is 21.9. The molecular formula is C31H27ClN6O2. The number of rotatable bonds is 6. The van der Waals surface area contributed by atoms with Crippen molar-refractivity contribution < 1.29 is 9.59 Å². The maximum atomic E-state index is 12.2. The number of para-hydroxylation sites is 2. The van der Waals surface area contributed by atoms with Crippen LogP contribution in [0, 0.1) is 6.92 Å². The number of nitrogens with zero attached hydrogens (tertiary/aromatic N) is 2. The lowest BCUT2D eigenvalue weighted by Crippen LogP contribution is -2.23. The number of aryl methyl sites for hydroxylation is 1. The van der Waals surface area contributed by atoms with Crippen molar-refractivity contribution >= 4 is 45.2 Å². The van der Waals surface area contributed by atoms with E-state index in [2.05, 4.69) is 31.0 Å². The van der Waals surface area contributed by atoms with Gasteiger partial charge in [0.1, 0.15) is 0 Å². The van der Waals surface area contributed by atoms with Gasteiger partial charge in [-0.25, -0.2) is 0 Å². The number of hydrogen-bond donors (Lipinski definition) is 4. The minimum atomic E-state index is -0.220. The fourth-order valence-corrected chi connectivity index (χ4v) is 4.35. The Balaban J connectivity index is 0.000000161. The van der Waals surface area contributed by atoms with Crippen molar-refractivity contribution in [2.24, 2.45) is 0 Å². The maximum Gasteiger partial charge on any atom is 0.272 e. The first-order chi connectivity index (χ1) is 19.5. The molecule has 40 heavy (non-hydrogen) atoms. The second-order valence-electron chi connectivity index (χ2n) is 9.18. The summed E-state index contributed by atoms with van der Waals surface area (Å²) in [7, 11) is 0. The molecule has 0 aliphatic carbocycles. The SMILES string of the molecule is Cc1ccc(CNC(=O)c2n[nH]c3ccccc23)cc1.O=C(NCc1ccccc1Cl)c1n[nH]c2ccccc12. The molecule has 0 atom stereocenters. The summed E-state index contributed by atoms with van der Waals surface area (Å²) in [5.41, 5.74) is 5.70. The number of nitrogens with one attached hydrogen (secondary N) is 4. The van der Waals surface area contributed by atoms with Crippen LogP contribution in [-0.4, -0.2) is 32.2 Å². The smallest absolute Gasteiger partial charge is 0.272 e. The number of H-pyrrole nitrogens is 2. The van der Waals surface area contributed by atoms with Crippen LogP contribution < -0.4 is 10.6 Å². The van der Waals surface area contributed by atoms with E-state index in [1.807, 2.05) is 97.9 Å². The fourth-order valence-electron chi connectivity index (χ4n) is 4.15. The zero-order chi connectivity index (χ0) is 27.9. The van der Waals surface area contributed by atoms with Gasteiger partial charge in [-0.2, -0.15) is 10.2 Å². The van der Waals surface area contributed by atoms with E-state index in [9.17, 15) is 9.59 Å². The number of benzene rings is 4. The number of aromatic nitrogens is 4. The van der Waals surface area contributed by atoms with Gasteiger partial charge in [-0.1, -0.05) is 96.0 Å². The summed E-state index contributed by atoms with van der Waals surface area (Å²) in [4.78, 5) is 24.3. The predicted molar refractivity (Wildman–Crippen MR) is 157 cm³/mol. The molecule has 0 aliphatic rings. The molecule has 9 heteroatoms. The molecule has 0 saturated carbocycles. The topological polar surface area (TPSA) is 116 Å². The summed E-state index contributed by atoms with van der Waals surface area (Å²) in [6, 6.07) is 30.6. The summed E-state index contributed by atoms with van der Waals surface area (Å²) in [5.74, 6) is -0.384. The van der Waals surface area contributed by atoms with E-state index in [1.54, 1.807) is 6.07 Å². The quantitative estimate of drug-likeness (QED) is 0.205. The first-order valence-electron chi connectivity index (χ1n) is 12.7. The van der Waals surface area contributed by atoms with Crippen LogP contribution in [0.25, 0.3) is 21.8 Å². The Kier molecular flexibility index (Phi) is 8.18. The van der Waals surface area contributed by atoms with Crippen molar-refractivity contribution in [3.8, 4) is 0 Å². The van der Waals surface area contributed by atoms with Crippen LogP contribution in [0.1, 0.15) is 37.7 Å². The molecule has 2 heterocycles. The van der Waals surface area contributed by atoms with Crippen LogP contribution in [0.4, 0.5) is 0 Å². The number of carbonyl (C=O) groups excluding carboxylic acids is 2. The van der Waals surface area contributed by atoms with Crippen LogP contribution in [0.15, 0.2) is 97.1 Å². The average Bonchev–Trinajstić information content (AvgIpc) is 3.61. The van der Waals surface area contributed by atoms with Crippen molar-refractivity contribution in [1.82, 2.24) is 31.0 Å². The molecule has 0 fully saturated rings. The summed E-state index contributed by atoms with van der Waals surface area (Å²) < 4.78 is 0. The molecule has 6 aromatic rings. The number of hydrogen-bond acceptors (Lipinski definition) is 4. The Morgan fingerprint density at radius 3 is 1.75 bits per heavy atom. The molecule has 2 aromatic heterocycles. The van der Waals surface area contributed by atoms with Gasteiger partial charge >= 0.3 is 0 Å². The number of halogens is 1. The lowest BCUT2D eigenvalue weighted by Gasteiger charge is -2.05. The van der Waals surface area contributed by atoms with E-state index in [1.165, 1.54) is 5.56 Å². The second-order valence-corrected chi connectivity index (χ2v) is 9.59. The Morgan fingerprint density at radius 1 is 0.675 bits per heavy atom. The van der Waals surface area contributed by atoms with Gasteiger partial charge in [0.25, 0.3) is 11.8 Å². The van der Waals surface area contributed by atoms with Gasteiger partial charge in [-0.3, -0.25) is 19.8 Å². The van der Waals surface area contributed by atoms with Crippen LogP contribution in [0.2, 0.25) is 5.02 Å². The van der Waals surface area contributed by atoms with Gasteiger partial charge in [0.15, 0.2) is 11.4 Å². The van der Waals surface area contributed by atoms with Gasteiger partial charge in [-0.15, -0.1) is 0 Å². The minimum Gasteiger partial charge on any atom is -0.347 e. The summed E-state index contributed by atoms with van der Waals surface area (Å²) >= 11 is 6.05. The fraction of sp³-hybridized carbons (Fsp3) is 0.0968. The van der Waals surface area contributed by atoms with Crippen molar-refractivity contribution in [3.63, 3.8) is 0 Å². The molecule has 0 aliphatic heterocycles. The van der Waals surface area contributed by atoms with E-state index in [0.717, 1.165) is 32.9 Å². The summed E-state index contributed by atoms with van der Waals surface area (Å²) in [6.45, 7) is 2.91. The third-order valence-electron chi connectivity index (χ3n) is 6.34. The van der Waals surface area contributed by atoms with Crippen LogP contribution in [0.3, 0.4) is 0 Å². The Labute approximate surface area is 235 Å². The van der Waals surface area contributed by atoms with Gasteiger partial charge in [0.2, 0.25) is 0 Å². The Morgan fingerprint density at radius 2 is 1.18 bits per heavy atom. The lowest BCUT2D eigenvalue weighted by molar-refractivity contribution is 0.0939. The second kappa shape index (κ2) is 12.3.